The lowest BCUT2D eigenvalue weighted by molar-refractivity contribution is 0.184. The molecule has 29 heavy (non-hydrogen) atoms. The molecule has 0 bridgehead atoms. The summed E-state index contributed by atoms with van der Waals surface area (Å²) in [6.07, 6.45) is 3.43. The molecule has 11 nitrogen and oxygen atoms in total. The third-order valence-corrected chi connectivity index (χ3v) is 4.87. The number of methoxy groups -OCH3 is 1. The maximum atomic E-state index is 5.79. The monoisotopic (exact) mass is 398 g/mol. The van der Waals surface area contributed by atoms with Gasteiger partial charge in [-0.25, -0.2) is 4.98 Å². The standard InChI is InChI=1S/C18H26N10O/c1-25(12-17-23-21-13-27(17)7-8-29-2)10-14-9-15-11-26(5-6-28(15)24-14)18-20-4-3-16(19)22-18/h3-4,9,13H,5-8,10-12H2,1-2H3,(H2,19,20,22). The number of rotatable bonds is 8. The molecule has 2 N–H and O–H groups in total. The molecule has 11 heteroatoms. The van der Waals surface area contributed by atoms with Gasteiger partial charge in [0.25, 0.3) is 0 Å². The summed E-state index contributed by atoms with van der Waals surface area (Å²) in [7, 11) is 3.75. The number of nitrogens with zero attached hydrogens (tertiary/aromatic N) is 9. The highest BCUT2D eigenvalue weighted by Gasteiger charge is 2.21. The minimum Gasteiger partial charge on any atom is -0.384 e. The lowest BCUT2D eigenvalue weighted by Crippen LogP contribution is -2.35. The maximum absolute atomic E-state index is 5.79. The smallest absolute Gasteiger partial charge is 0.227 e. The lowest BCUT2D eigenvalue weighted by atomic mass is 10.3. The van der Waals surface area contributed by atoms with Gasteiger partial charge >= 0.3 is 0 Å². The Bertz CT molecular complexity index is 952. The molecule has 4 heterocycles. The van der Waals surface area contributed by atoms with Crippen LogP contribution in [0, 0.1) is 0 Å². The van der Waals surface area contributed by atoms with Gasteiger partial charge in [-0.1, -0.05) is 0 Å². The van der Waals surface area contributed by atoms with Crippen molar-refractivity contribution in [2.75, 3.05) is 37.9 Å². The van der Waals surface area contributed by atoms with E-state index in [1.807, 2.05) is 4.57 Å². The zero-order valence-electron chi connectivity index (χ0n) is 16.8. The van der Waals surface area contributed by atoms with Crippen molar-refractivity contribution in [1.82, 2.24) is 39.4 Å². The number of nitrogen functional groups attached to an aromatic ring is 1. The Morgan fingerprint density at radius 1 is 1.28 bits per heavy atom. The van der Waals surface area contributed by atoms with Crippen molar-refractivity contribution in [2.45, 2.75) is 32.7 Å². The van der Waals surface area contributed by atoms with E-state index in [1.54, 1.807) is 25.7 Å². The molecule has 3 aromatic rings. The number of hydrogen-bond donors (Lipinski definition) is 1. The van der Waals surface area contributed by atoms with Crippen LogP contribution in [0.2, 0.25) is 0 Å². The van der Waals surface area contributed by atoms with Gasteiger partial charge in [-0.05, 0) is 19.2 Å². The molecule has 0 saturated heterocycles. The van der Waals surface area contributed by atoms with Crippen molar-refractivity contribution < 1.29 is 4.74 Å². The second-order valence-corrected chi connectivity index (χ2v) is 7.16. The van der Waals surface area contributed by atoms with Gasteiger partial charge in [0.2, 0.25) is 5.95 Å². The summed E-state index contributed by atoms with van der Waals surface area (Å²) in [5.41, 5.74) is 7.97. The average Bonchev–Trinajstić information content (AvgIpc) is 3.31. The van der Waals surface area contributed by atoms with E-state index in [9.17, 15) is 0 Å². The van der Waals surface area contributed by atoms with Crippen LogP contribution in [0.4, 0.5) is 11.8 Å². The number of fused-ring (bicyclic) bond motifs is 1. The fraction of sp³-hybridized carbons (Fsp3) is 0.500. The molecule has 0 amide bonds. The molecule has 0 saturated carbocycles. The Labute approximate surface area is 169 Å². The summed E-state index contributed by atoms with van der Waals surface area (Å²) < 4.78 is 9.22. The van der Waals surface area contributed by atoms with E-state index in [0.717, 1.165) is 43.4 Å². The largest absolute Gasteiger partial charge is 0.384 e. The molecule has 1 aliphatic heterocycles. The van der Waals surface area contributed by atoms with Crippen molar-refractivity contribution in [1.29, 1.82) is 0 Å². The number of hydrogen-bond acceptors (Lipinski definition) is 9. The molecule has 0 fully saturated rings. The van der Waals surface area contributed by atoms with Crippen LogP contribution in [-0.2, 0) is 37.5 Å². The first-order valence-corrected chi connectivity index (χ1v) is 9.55. The fourth-order valence-electron chi connectivity index (χ4n) is 3.44. The highest BCUT2D eigenvalue weighted by atomic mass is 16.5. The van der Waals surface area contributed by atoms with Gasteiger partial charge in [0.05, 0.1) is 37.6 Å². The third-order valence-electron chi connectivity index (χ3n) is 4.87. The summed E-state index contributed by atoms with van der Waals surface area (Å²) >= 11 is 0. The fourth-order valence-corrected chi connectivity index (χ4v) is 3.44. The van der Waals surface area contributed by atoms with E-state index in [1.165, 1.54) is 0 Å². The third kappa shape index (κ3) is 4.51. The molecule has 0 atom stereocenters. The summed E-state index contributed by atoms with van der Waals surface area (Å²) in [5.74, 6) is 2.06. The van der Waals surface area contributed by atoms with Gasteiger partial charge in [-0.2, -0.15) is 10.1 Å². The predicted octanol–water partition coefficient (Wildman–Crippen LogP) is 0.145. The van der Waals surface area contributed by atoms with E-state index in [0.29, 0.717) is 31.5 Å². The highest BCUT2D eigenvalue weighted by molar-refractivity contribution is 5.39. The Morgan fingerprint density at radius 2 is 2.17 bits per heavy atom. The van der Waals surface area contributed by atoms with Crippen LogP contribution >= 0.6 is 0 Å². The van der Waals surface area contributed by atoms with Crippen molar-refractivity contribution in [3.63, 3.8) is 0 Å². The number of ether oxygens (including phenoxy) is 1. The van der Waals surface area contributed by atoms with Crippen LogP contribution < -0.4 is 10.6 Å². The van der Waals surface area contributed by atoms with Gasteiger partial charge in [0, 0.05) is 32.9 Å². The minimum absolute atomic E-state index is 0.481. The van der Waals surface area contributed by atoms with Crippen LogP contribution in [0.15, 0.2) is 24.7 Å². The molecule has 0 unspecified atom stereocenters. The molecule has 3 aromatic heterocycles. The number of nitrogens with two attached hydrogens (primary N) is 1. The summed E-state index contributed by atoms with van der Waals surface area (Å²) in [4.78, 5) is 13.0. The van der Waals surface area contributed by atoms with Gasteiger partial charge in [0.15, 0.2) is 0 Å². The maximum Gasteiger partial charge on any atom is 0.227 e. The zero-order valence-corrected chi connectivity index (χ0v) is 16.8. The first-order chi connectivity index (χ1) is 14.1. The zero-order chi connectivity index (χ0) is 20.2. The Balaban J connectivity index is 1.39. The first kappa shape index (κ1) is 19.3. The van der Waals surface area contributed by atoms with Crippen LogP contribution in [0.5, 0.6) is 0 Å². The normalized spacial score (nSPS) is 13.8. The van der Waals surface area contributed by atoms with Gasteiger partial charge in [-0.15, -0.1) is 10.2 Å². The van der Waals surface area contributed by atoms with E-state index in [2.05, 4.69) is 47.8 Å². The number of anilines is 2. The Morgan fingerprint density at radius 3 is 3.00 bits per heavy atom. The molecule has 154 valence electrons. The van der Waals surface area contributed by atoms with E-state index in [-0.39, 0.29) is 0 Å². The molecule has 0 aliphatic carbocycles. The molecule has 0 aromatic carbocycles. The van der Waals surface area contributed by atoms with E-state index >= 15 is 0 Å². The van der Waals surface area contributed by atoms with Crippen LogP contribution in [0.3, 0.4) is 0 Å². The summed E-state index contributed by atoms with van der Waals surface area (Å²) in [6, 6.07) is 3.84. The van der Waals surface area contributed by atoms with Crippen LogP contribution in [0.25, 0.3) is 0 Å². The van der Waals surface area contributed by atoms with Crippen molar-refractivity contribution in [3.8, 4) is 0 Å². The summed E-state index contributed by atoms with van der Waals surface area (Å²) in [5, 5.41) is 13.0. The molecular weight excluding hydrogens is 372 g/mol. The van der Waals surface area contributed by atoms with E-state index in [4.69, 9.17) is 15.6 Å². The lowest BCUT2D eigenvalue weighted by Gasteiger charge is -2.27. The SMILES string of the molecule is COCCn1cnnc1CN(C)Cc1cc2n(n1)CCN(c1nccc(N)n1)C2. The second-order valence-electron chi connectivity index (χ2n) is 7.16. The molecular formula is C18H26N10O. The van der Waals surface area contributed by atoms with Crippen LogP contribution in [-0.4, -0.2) is 66.7 Å². The molecule has 4 rings (SSSR count). The van der Waals surface area contributed by atoms with Crippen molar-refractivity contribution in [2.24, 2.45) is 0 Å². The number of aromatic nitrogens is 7. The summed E-state index contributed by atoms with van der Waals surface area (Å²) in [6.45, 7) is 5.11. The Kier molecular flexibility index (Phi) is 5.67. The topological polar surface area (TPSA) is 116 Å². The first-order valence-electron chi connectivity index (χ1n) is 9.55. The van der Waals surface area contributed by atoms with Crippen molar-refractivity contribution in [3.05, 3.63) is 41.9 Å². The van der Waals surface area contributed by atoms with Crippen molar-refractivity contribution >= 4 is 11.8 Å². The van der Waals surface area contributed by atoms with Crippen LogP contribution in [0.1, 0.15) is 17.2 Å². The van der Waals surface area contributed by atoms with Gasteiger partial charge in [0.1, 0.15) is 18.0 Å². The molecule has 0 spiro atoms. The molecule has 1 aliphatic rings. The average molecular weight is 398 g/mol. The second kappa shape index (κ2) is 8.53. The minimum atomic E-state index is 0.481. The Hall–Kier alpha value is -3.05. The van der Waals surface area contributed by atoms with Gasteiger partial charge < -0.3 is 19.9 Å². The van der Waals surface area contributed by atoms with Gasteiger partial charge in [-0.3, -0.25) is 9.58 Å². The predicted molar refractivity (Wildman–Crippen MR) is 107 cm³/mol. The molecule has 0 radical (unpaired) electrons. The highest BCUT2D eigenvalue weighted by Crippen LogP contribution is 2.19. The van der Waals surface area contributed by atoms with E-state index < -0.39 is 0 Å². The quantitative estimate of drug-likeness (QED) is 0.566.